The van der Waals surface area contributed by atoms with E-state index in [-0.39, 0.29) is 37.0 Å². The average molecular weight is 759 g/mol. The highest BCUT2D eigenvalue weighted by atomic mass is 32.3. The third kappa shape index (κ3) is 21.9. The molecular weight excluding hydrogens is 701 g/mol. The number of nitrogens with one attached hydrogen (secondary N) is 2. The fraction of sp³-hybridized carbons (Fsp3) is 0.475. The van der Waals surface area contributed by atoms with Crippen molar-refractivity contribution in [2.75, 3.05) is 27.4 Å². The van der Waals surface area contributed by atoms with Crippen LogP contribution in [0.25, 0.3) is 0 Å². The van der Waals surface area contributed by atoms with Gasteiger partial charge in [0.05, 0.1) is 18.8 Å². The molecule has 6 atom stereocenters. The molecular formula is C40H58N2O10S. The van der Waals surface area contributed by atoms with Crippen molar-refractivity contribution in [2.45, 2.75) is 85.2 Å². The van der Waals surface area contributed by atoms with Crippen molar-refractivity contribution in [1.82, 2.24) is 10.6 Å². The SMILES string of the molecule is COC1/C=C(C)/C=C/C(C)/C=C/C(=O)OC(/C(C)=C/C=C(\C)CNC(=O)C(COS(=O)(=O)O)NC=O)C(C)/C=C/C=C/C(OC)CC/C=C(C)\C=C\C1. The molecule has 13 heteroatoms. The summed E-state index contributed by atoms with van der Waals surface area (Å²) in [4.78, 5) is 36.5. The molecule has 0 aromatic heterocycles. The summed E-state index contributed by atoms with van der Waals surface area (Å²) in [6.07, 6.45) is 28.9. The van der Waals surface area contributed by atoms with Crippen molar-refractivity contribution in [3.05, 3.63) is 107 Å². The normalized spacial score (nSPS) is 29.0. The Bertz CT molecular complexity index is 1570. The number of carbonyl (C=O) groups excluding carboxylic acids is 3. The van der Waals surface area contributed by atoms with Crippen molar-refractivity contribution in [3.63, 3.8) is 0 Å². The van der Waals surface area contributed by atoms with Crippen LogP contribution in [0.15, 0.2) is 107 Å². The maximum absolute atomic E-state index is 13.1. The number of ether oxygens (including phenoxy) is 3. The van der Waals surface area contributed by atoms with E-state index in [1.165, 1.54) is 11.6 Å². The first-order chi connectivity index (χ1) is 25.1. The molecule has 0 aromatic rings. The van der Waals surface area contributed by atoms with Crippen molar-refractivity contribution >= 4 is 28.7 Å². The van der Waals surface area contributed by atoms with E-state index in [9.17, 15) is 22.8 Å². The topological polar surface area (TPSA) is 167 Å². The number of methoxy groups -OCH3 is 2. The molecule has 0 saturated carbocycles. The van der Waals surface area contributed by atoms with Crippen LogP contribution in [0.3, 0.4) is 0 Å². The van der Waals surface area contributed by atoms with Gasteiger partial charge in [0, 0.05) is 32.8 Å². The maximum Gasteiger partial charge on any atom is 0.397 e. The number of hydrogen-bond donors (Lipinski definition) is 3. The van der Waals surface area contributed by atoms with E-state index in [2.05, 4.69) is 46.0 Å². The number of hydrogen-bond acceptors (Lipinski definition) is 9. The Morgan fingerprint density at radius 1 is 1.00 bits per heavy atom. The van der Waals surface area contributed by atoms with Gasteiger partial charge in [-0.3, -0.25) is 14.1 Å². The molecule has 1 rings (SSSR count). The standard InChI is InChI=1S/C40H58N2O10S/c1-29-13-11-17-35(49-7)16-10-9-15-33(5)39(52-38(44)24-22-30(2)19-20-31(3)25-36(50-8)18-12-14-29)34(6)23-21-32(4)26-41-40(45)37(42-28-43)27-51-53(46,47)48/h9-10,12-16,19-25,28,30,33,35-37,39H,11,17-18,26-27H2,1-8H3,(H,41,45)(H,42,43)(H,46,47,48)/b14-12+,15-9+,16-10+,20-19+,24-22+,29-13-,31-25+,32-21+,34-23+. The first kappa shape index (κ1) is 46.9. The van der Waals surface area contributed by atoms with Gasteiger partial charge in [-0.05, 0) is 58.4 Å². The highest BCUT2D eigenvalue weighted by Crippen LogP contribution is 2.20. The van der Waals surface area contributed by atoms with E-state index in [4.69, 9.17) is 18.8 Å². The summed E-state index contributed by atoms with van der Waals surface area (Å²) >= 11 is 0. The smallest absolute Gasteiger partial charge is 0.397 e. The van der Waals surface area contributed by atoms with Crippen molar-refractivity contribution in [2.24, 2.45) is 11.8 Å². The zero-order valence-corrected chi connectivity index (χ0v) is 33.0. The van der Waals surface area contributed by atoms with Crippen LogP contribution in [-0.4, -0.2) is 83.0 Å². The molecule has 2 amide bonds. The van der Waals surface area contributed by atoms with Gasteiger partial charge < -0.3 is 24.8 Å². The van der Waals surface area contributed by atoms with Crippen LogP contribution >= 0.6 is 0 Å². The van der Waals surface area contributed by atoms with Crippen LogP contribution < -0.4 is 10.6 Å². The zero-order chi connectivity index (χ0) is 39.8. The second-order valence-electron chi connectivity index (χ2n) is 12.9. The molecule has 0 aliphatic carbocycles. The van der Waals surface area contributed by atoms with Gasteiger partial charge in [-0.15, -0.1) is 0 Å². The molecule has 0 radical (unpaired) electrons. The maximum atomic E-state index is 13.1. The summed E-state index contributed by atoms with van der Waals surface area (Å²) in [7, 11) is -1.43. The summed E-state index contributed by atoms with van der Waals surface area (Å²) in [5, 5.41) is 4.73. The second kappa shape index (κ2) is 25.8. The molecule has 3 N–H and O–H groups in total. The number of allylic oxidation sites excluding steroid dienone is 11. The third-order valence-corrected chi connectivity index (χ3v) is 8.52. The second-order valence-corrected chi connectivity index (χ2v) is 14.0. The molecule has 0 aromatic carbocycles. The van der Waals surface area contributed by atoms with E-state index >= 15 is 0 Å². The van der Waals surface area contributed by atoms with E-state index in [1.807, 2.05) is 64.2 Å². The van der Waals surface area contributed by atoms with E-state index < -0.39 is 41.0 Å². The van der Waals surface area contributed by atoms with Crippen LogP contribution in [-0.2, 0) is 43.2 Å². The summed E-state index contributed by atoms with van der Waals surface area (Å²) in [6, 6.07) is -1.35. The Morgan fingerprint density at radius 2 is 1.68 bits per heavy atom. The van der Waals surface area contributed by atoms with E-state index in [1.54, 1.807) is 39.4 Å². The highest BCUT2D eigenvalue weighted by Gasteiger charge is 2.22. The minimum Gasteiger partial charge on any atom is -0.454 e. The molecule has 1 heterocycles. The van der Waals surface area contributed by atoms with Gasteiger partial charge in [-0.25, -0.2) is 8.98 Å². The Hall–Kier alpha value is -4.14. The quantitative estimate of drug-likeness (QED) is 0.0930. The lowest BCUT2D eigenvalue weighted by Gasteiger charge is -2.22. The number of esters is 1. The Balaban J connectivity index is 3.30. The fourth-order valence-electron chi connectivity index (χ4n) is 4.92. The first-order valence-electron chi connectivity index (χ1n) is 17.5. The summed E-state index contributed by atoms with van der Waals surface area (Å²) < 4.78 is 52.1. The molecule has 294 valence electrons. The third-order valence-electron chi connectivity index (χ3n) is 8.08. The van der Waals surface area contributed by atoms with Crippen LogP contribution in [0.5, 0.6) is 0 Å². The molecule has 1 aliphatic heterocycles. The zero-order valence-electron chi connectivity index (χ0n) is 32.2. The van der Waals surface area contributed by atoms with Gasteiger partial charge in [-0.1, -0.05) is 110 Å². The van der Waals surface area contributed by atoms with Gasteiger partial charge in [0.25, 0.3) is 0 Å². The summed E-state index contributed by atoms with van der Waals surface area (Å²) in [6.45, 7) is 10.9. The molecule has 0 saturated heterocycles. The number of amides is 2. The summed E-state index contributed by atoms with van der Waals surface area (Å²) in [5.74, 6) is -1.48. The van der Waals surface area contributed by atoms with Gasteiger partial charge in [0.1, 0.15) is 12.1 Å². The number of carbonyl (C=O) groups is 3. The van der Waals surface area contributed by atoms with Crippen molar-refractivity contribution < 1.29 is 45.7 Å². The monoisotopic (exact) mass is 758 g/mol. The Morgan fingerprint density at radius 3 is 2.34 bits per heavy atom. The van der Waals surface area contributed by atoms with Crippen LogP contribution in [0.4, 0.5) is 0 Å². The van der Waals surface area contributed by atoms with Gasteiger partial charge in [0.2, 0.25) is 12.3 Å². The van der Waals surface area contributed by atoms with E-state index in [0.717, 1.165) is 30.4 Å². The molecule has 1 aliphatic rings. The fourth-order valence-corrected chi connectivity index (χ4v) is 5.23. The average Bonchev–Trinajstić information content (AvgIpc) is 3.11. The molecule has 6 unspecified atom stereocenters. The van der Waals surface area contributed by atoms with Gasteiger partial charge in [0.15, 0.2) is 0 Å². The van der Waals surface area contributed by atoms with Gasteiger partial charge in [-0.2, -0.15) is 8.42 Å². The van der Waals surface area contributed by atoms with Crippen LogP contribution in [0.2, 0.25) is 0 Å². The number of cyclic esters (lactones) is 1. The van der Waals surface area contributed by atoms with Crippen molar-refractivity contribution in [1.29, 1.82) is 0 Å². The van der Waals surface area contributed by atoms with Crippen LogP contribution in [0.1, 0.15) is 60.8 Å². The molecule has 12 nitrogen and oxygen atoms in total. The molecule has 53 heavy (non-hydrogen) atoms. The lowest BCUT2D eigenvalue weighted by atomic mass is 9.96. The van der Waals surface area contributed by atoms with E-state index in [0.29, 0.717) is 5.57 Å². The largest absolute Gasteiger partial charge is 0.454 e. The Labute approximate surface area is 316 Å². The van der Waals surface area contributed by atoms with Crippen molar-refractivity contribution in [3.8, 4) is 0 Å². The molecule has 0 spiro atoms. The number of rotatable bonds is 12. The van der Waals surface area contributed by atoms with Crippen LogP contribution in [0, 0.1) is 11.8 Å². The minimum atomic E-state index is -4.80. The molecule has 0 fully saturated rings. The minimum absolute atomic E-state index is 0.0434. The Kier molecular flexibility index (Phi) is 22.8. The highest BCUT2D eigenvalue weighted by molar-refractivity contribution is 7.80. The predicted octanol–water partition coefficient (Wildman–Crippen LogP) is 6.00. The van der Waals surface area contributed by atoms with Gasteiger partial charge >= 0.3 is 16.4 Å². The molecule has 0 bridgehead atoms. The predicted molar refractivity (Wildman–Crippen MR) is 208 cm³/mol. The first-order valence-corrected chi connectivity index (χ1v) is 18.9. The lowest BCUT2D eigenvalue weighted by molar-refractivity contribution is -0.142. The lowest BCUT2D eigenvalue weighted by Crippen LogP contribution is -2.47. The summed E-state index contributed by atoms with van der Waals surface area (Å²) in [5.41, 5.74) is 3.66.